The largest absolute Gasteiger partial charge is 0.327 e. The summed E-state index contributed by atoms with van der Waals surface area (Å²) in [5.41, 5.74) is 3.74. The number of nitrogens with one attached hydrogen (secondary N) is 1. The van der Waals surface area contributed by atoms with E-state index < -0.39 is 20.3 Å². The zero-order chi connectivity index (χ0) is 22.6. The van der Waals surface area contributed by atoms with Crippen LogP contribution in [0.2, 0.25) is 0 Å². The lowest BCUT2D eigenvalue weighted by Crippen LogP contribution is -2.42. The van der Waals surface area contributed by atoms with E-state index in [9.17, 15) is 13.2 Å². The summed E-state index contributed by atoms with van der Waals surface area (Å²) in [5, 5.41) is 0.602. The SMILES string of the molecule is CC1=CC(C(C)(C)c2ccc(C)cc2)=CCC1(C)S(=O)(=O)n1ccc2cc[nH]c(=O)c21. The standard InChI is InChI=1S/C25H28N2O3S/c1-17-6-8-20(9-7-17)24(3,4)21-10-13-25(5,18(2)16-21)31(29,30)27-15-12-19-11-14-26-23(28)22(19)27/h6-12,14-16H,13H2,1-5H3,(H,26,28). The fourth-order valence-corrected chi connectivity index (χ4v) is 6.12. The molecule has 31 heavy (non-hydrogen) atoms. The van der Waals surface area contributed by atoms with E-state index in [1.807, 2.05) is 19.1 Å². The zero-order valence-electron chi connectivity index (χ0n) is 18.6. The Morgan fingerprint density at radius 1 is 1.06 bits per heavy atom. The Balaban J connectivity index is 1.76. The molecular weight excluding hydrogens is 408 g/mol. The van der Waals surface area contributed by atoms with E-state index >= 15 is 0 Å². The van der Waals surface area contributed by atoms with Gasteiger partial charge < -0.3 is 4.98 Å². The van der Waals surface area contributed by atoms with Gasteiger partial charge in [-0.2, -0.15) is 0 Å². The van der Waals surface area contributed by atoms with Crippen molar-refractivity contribution in [3.63, 3.8) is 0 Å². The van der Waals surface area contributed by atoms with Gasteiger partial charge in [-0.05, 0) is 50.5 Å². The van der Waals surface area contributed by atoms with Gasteiger partial charge in [0.15, 0.2) is 0 Å². The molecule has 5 nitrogen and oxygen atoms in total. The average molecular weight is 437 g/mol. The van der Waals surface area contributed by atoms with E-state index in [2.05, 4.69) is 50.0 Å². The number of rotatable bonds is 4. The van der Waals surface area contributed by atoms with E-state index in [0.29, 0.717) is 11.8 Å². The number of aromatic amines is 1. The van der Waals surface area contributed by atoms with E-state index in [4.69, 9.17) is 0 Å². The van der Waals surface area contributed by atoms with Crippen LogP contribution in [0.1, 0.15) is 45.2 Å². The van der Waals surface area contributed by atoms with Crippen LogP contribution < -0.4 is 5.56 Å². The van der Waals surface area contributed by atoms with Crippen LogP contribution in [0.4, 0.5) is 0 Å². The predicted molar refractivity (Wildman–Crippen MR) is 126 cm³/mol. The number of fused-ring (bicyclic) bond motifs is 1. The lowest BCUT2D eigenvalue weighted by Gasteiger charge is -2.37. The highest BCUT2D eigenvalue weighted by Crippen LogP contribution is 2.42. The Morgan fingerprint density at radius 2 is 1.74 bits per heavy atom. The number of aryl methyl sites for hydroxylation is 1. The molecule has 0 saturated carbocycles. The summed E-state index contributed by atoms with van der Waals surface area (Å²) in [4.78, 5) is 15.0. The molecule has 0 fully saturated rings. The van der Waals surface area contributed by atoms with Gasteiger partial charge in [0.1, 0.15) is 10.3 Å². The second kappa shape index (κ2) is 7.09. The van der Waals surface area contributed by atoms with Crippen LogP contribution in [0, 0.1) is 6.92 Å². The maximum absolute atomic E-state index is 13.8. The third-order valence-corrected chi connectivity index (χ3v) is 9.27. The van der Waals surface area contributed by atoms with Crippen LogP contribution in [0.5, 0.6) is 0 Å². The molecule has 4 rings (SSSR count). The number of aromatic nitrogens is 2. The fraction of sp³-hybridized carbons (Fsp3) is 0.320. The first-order chi connectivity index (χ1) is 14.5. The topological polar surface area (TPSA) is 71.9 Å². The minimum absolute atomic E-state index is 0.159. The van der Waals surface area contributed by atoms with Gasteiger partial charge in [-0.25, -0.2) is 12.4 Å². The van der Waals surface area contributed by atoms with Crippen LogP contribution >= 0.6 is 0 Å². The number of H-pyrrole nitrogens is 1. The van der Waals surface area contributed by atoms with Crippen molar-refractivity contribution in [3.05, 3.63) is 93.6 Å². The first-order valence-electron chi connectivity index (χ1n) is 10.4. The molecule has 1 aromatic carbocycles. The predicted octanol–water partition coefficient (Wildman–Crippen LogP) is 4.83. The Bertz CT molecular complexity index is 1390. The van der Waals surface area contributed by atoms with Crippen molar-refractivity contribution in [2.45, 2.75) is 51.2 Å². The number of hydrogen-bond acceptors (Lipinski definition) is 3. The molecule has 162 valence electrons. The summed E-state index contributed by atoms with van der Waals surface area (Å²) in [5.74, 6) is 0. The monoisotopic (exact) mass is 436 g/mol. The first kappa shape index (κ1) is 21.4. The fourth-order valence-electron chi connectivity index (χ4n) is 4.28. The molecule has 0 radical (unpaired) electrons. The van der Waals surface area contributed by atoms with Crippen LogP contribution in [0.25, 0.3) is 10.9 Å². The minimum atomic E-state index is -3.87. The van der Waals surface area contributed by atoms with Crippen LogP contribution in [0.15, 0.2) is 76.9 Å². The third-order valence-electron chi connectivity index (χ3n) is 6.82. The maximum Gasteiger partial charge on any atom is 0.273 e. The molecule has 0 saturated heterocycles. The van der Waals surface area contributed by atoms with Gasteiger partial charge in [0.2, 0.25) is 10.0 Å². The summed E-state index contributed by atoms with van der Waals surface area (Å²) in [6.07, 6.45) is 7.37. The van der Waals surface area contributed by atoms with E-state index in [1.165, 1.54) is 23.5 Å². The van der Waals surface area contributed by atoms with Gasteiger partial charge in [-0.1, -0.05) is 61.4 Å². The van der Waals surface area contributed by atoms with Crippen molar-refractivity contribution >= 4 is 20.9 Å². The number of pyridine rings is 1. The van der Waals surface area contributed by atoms with Crippen LogP contribution in [-0.2, 0) is 15.4 Å². The molecule has 2 aromatic heterocycles. The molecule has 1 aliphatic carbocycles. The van der Waals surface area contributed by atoms with Crippen molar-refractivity contribution in [3.8, 4) is 0 Å². The minimum Gasteiger partial charge on any atom is -0.327 e. The Labute approximate surface area is 183 Å². The Morgan fingerprint density at radius 3 is 2.39 bits per heavy atom. The van der Waals surface area contributed by atoms with Crippen molar-refractivity contribution < 1.29 is 8.42 Å². The van der Waals surface area contributed by atoms with Gasteiger partial charge in [-0.3, -0.25) is 4.79 Å². The highest BCUT2D eigenvalue weighted by Gasteiger charge is 2.44. The lowest BCUT2D eigenvalue weighted by atomic mass is 9.73. The number of nitrogens with zero attached hydrogens (tertiary/aromatic N) is 1. The molecule has 0 amide bonds. The average Bonchev–Trinajstić information content (AvgIpc) is 3.16. The maximum atomic E-state index is 13.8. The molecule has 0 bridgehead atoms. The van der Waals surface area contributed by atoms with Gasteiger partial charge in [0, 0.05) is 23.2 Å². The molecule has 6 heteroatoms. The summed E-state index contributed by atoms with van der Waals surface area (Å²) in [6.45, 7) is 9.98. The van der Waals surface area contributed by atoms with Crippen molar-refractivity contribution in [2.24, 2.45) is 0 Å². The lowest BCUT2D eigenvalue weighted by molar-refractivity contribution is 0.540. The highest BCUT2D eigenvalue weighted by molar-refractivity contribution is 7.91. The second-order valence-corrected chi connectivity index (χ2v) is 11.4. The summed E-state index contributed by atoms with van der Waals surface area (Å²) >= 11 is 0. The molecule has 3 aromatic rings. The quantitative estimate of drug-likeness (QED) is 0.637. The first-order valence-corrected chi connectivity index (χ1v) is 11.8. The van der Waals surface area contributed by atoms with E-state index in [1.54, 1.807) is 19.1 Å². The number of allylic oxidation sites excluding steroid dienone is 3. The third kappa shape index (κ3) is 3.21. The molecule has 1 N–H and O–H groups in total. The molecule has 2 heterocycles. The van der Waals surface area contributed by atoms with Gasteiger partial charge >= 0.3 is 0 Å². The van der Waals surface area contributed by atoms with Crippen molar-refractivity contribution in [1.29, 1.82) is 0 Å². The van der Waals surface area contributed by atoms with Gasteiger partial charge in [0.05, 0.1) is 0 Å². The molecular formula is C25H28N2O3S. The van der Waals surface area contributed by atoms with Crippen LogP contribution in [0.3, 0.4) is 0 Å². The summed E-state index contributed by atoms with van der Waals surface area (Å²) in [6, 6.07) is 11.8. The Kier molecular flexibility index (Phi) is 4.89. The molecule has 0 aliphatic heterocycles. The van der Waals surface area contributed by atoms with Gasteiger partial charge in [-0.15, -0.1) is 0 Å². The molecule has 1 atom stereocenters. The van der Waals surface area contributed by atoms with Gasteiger partial charge in [0.25, 0.3) is 5.56 Å². The van der Waals surface area contributed by atoms with E-state index in [-0.39, 0.29) is 10.9 Å². The summed E-state index contributed by atoms with van der Waals surface area (Å²) < 4.78 is 27.5. The van der Waals surface area contributed by atoms with Crippen molar-refractivity contribution in [2.75, 3.05) is 0 Å². The second-order valence-electron chi connectivity index (χ2n) is 9.14. The Hall–Kier alpha value is -2.86. The molecule has 0 spiro atoms. The smallest absolute Gasteiger partial charge is 0.273 e. The normalized spacial score (nSPS) is 19.9. The number of benzene rings is 1. The molecule has 1 unspecified atom stereocenters. The molecule has 1 aliphatic rings. The summed E-state index contributed by atoms with van der Waals surface area (Å²) in [7, 11) is -3.87. The highest BCUT2D eigenvalue weighted by atomic mass is 32.2. The number of hydrogen-bond donors (Lipinski definition) is 1. The van der Waals surface area contributed by atoms with Crippen molar-refractivity contribution in [1.82, 2.24) is 8.96 Å². The zero-order valence-corrected chi connectivity index (χ0v) is 19.4. The van der Waals surface area contributed by atoms with Crippen LogP contribution in [-0.4, -0.2) is 22.1 Å². The van der Waals surface area contributed by atoms with E-state index in [0.717, 1.165) is 15.1 Å².